The SMILES string of the molecule is COc1ccc2nc(C3CC3)c3c(c2c1)C(F)CC1(CC2C(=O)NC4(C(=O)N5CCS5(=O)=O)CC4C=CCCCCCC(NC(=O)OCC(C)(C)C)C(=O)N2C1)O3. The van der Waals surface area contributed by atoms with Gasteiger partial charge in [0.2, 0.25) is 21.8 Å². The number of aromatic nitrogens is 1. The number of sulfonamides is 1. The predicted molar refractivity (Wildman–Crippen MR) is 207 cm³/mol. The molecule has 4 amide bonds. The highest BCUT2D eigenvalue weighted by Gasteiger charge is 2.65. The summed E-state index contributed by atoms with van der Waals surface area (Å²) in [6, 6.07) is 3.01. The number of pyridine rings is 1. The van der Waals surface area contributed by atoms with E-state index in [9.17, 15) is 27.6 Å². The van der Waals surface area contributed by atoms with Crippen LogP contribution in [0.15, 0.2) is 30.4 Å². The number of fused-ring (bicyclic) bond motifs is 5. The fourth-order valence-corrected chi connectivity index (χ4v) is 9.87. The molecule has 2 N–H and O–H groups in total. The number of hydrogen-bond donors (Lipinski definition) is 2. The Hall–Kier alpha value is -4.47. The number of carbonyl (C=O) groups is 4. The van der Waals surface area contributed by atoms with Gasteiger partial charge in [0, 0.05) is 35.6 Å². The van der Waals surface area contributed by atoms with Gasteiger partial charge >= 0.3 is 6.09 Å². The van der Waals surface area contributed by atoms with Crippen LogP contribution in [0.2, 0.25) is 0 Å². The molecular weight excluding hydrogens is 758 g/mol. The zero-order valence-electron chi connectivity index (χ0n) is 33.0. The van der Waals surface area contributed by atoms with Crippen LogP contribution in [-0.4, -0.2) is 102 Å². The second kappa shape index (κ2) is 14.4. The van der Waals surface area contributed by atoms with Crippen molar-refractivity contribution >= 4 is 44.7 Å². The first kappa shape index (κ1) is 39.4. The van der Waals surface area contributed by atoms with Gasteiger partial charge in [-0.15, -0.1) is 0 Å². The van der Waals surface area contributed by atoms with Gasteiger partial charge in [-0.3, -0.25) is 14.4 Å². The van der Waals surface area contributed by atoms with Gasteiger partial charge in [-0.1, -0.05) is 45.8 Å². The molecule has 0 bridgehead atoms. The van der Waals surface area contributed by atoms with E-state index in [0.29, 0.717) is 46.5 Å². The lowest BCUT2D eigenvalue weighted by molar-refractivity contribution is -0.142. The predicted octanol–water partition coefficient (Wildman–Crippen LogP) is 4.96. The van der Waals surface area contributed by atoms with Crippen molar-refractivity contribution in [3.8, 4) is 11.5 Å². The molecule has 1 aromatic carbocycles. The van der Waals surface area contributed by atoms with Crippen LogP contribution in [0.5, 0.6) is 11.5 Å². The Labute approximate surface area is 332 Å². The topological polar surface area (TPSA) is 174 Å². The fraction of sp³-hybridized carbons (Fsp3) is 0.634. The van der Waals surface area contributed by atoms with E-state index >= 15 is 4.39 Å². The first-order chi connectivity index (χ1) is 27.0. The molecule has 6 unspecified atom stereocenters. The number of carbonyl (C=O) groups excluding carboxylic acids is 4. The Morgan fingerprint density at radius 1 is 1.11 bits per heavy atom. The lowest BCUT2D eigenvalue weighted by atomic mass is 9.85. The average Bonchev–Trinajstić information content (AvgIpc) is 4.08. The van der Waals surface area contributed by atoms with Crippen LogP contribution in [0, 0.1) is 11.3 Å². The van der Waals surface area contributed by atoms with Crippen molar-refractivity contribution in [2.45, 2.75) is 120 Å². The maximum absolute atomic E-state index is 17.0. The second-order valence-electron chi connectivity index (χ2n) is 17.9. The number of alkyl halides is 1. The van der Waals surface area contributed by atoms with Crippen molar-refractivity contribution in [3.05, 3.63) is 41.6 Å². The van der Waals surface area contributed by atoms with Crippen molar-refractivity contribution in [1.29, 1.82) is 0 Å². The number of methoxy groups -OCH3 is 1. The number of benzene rings is 1. The van der Waals surface area contributed by atoms with Crippen molar-refractivity contribution in [2.75, 3.05) is 32.6 Å². The largest absolute Gasteiger partial charge is 0.497 e. The highest BCUT2D eigenvalue weighted by atomic mass is 32.2. The Kier molecular flexibility index (Phi) is 9.96. The van der Waals surface area contributed by atoms with Crippen LogP contribution in [-0.2, 0) is 29.1 Å². The molecule has 16 heteroatoms. The summed E-state index contributed by atoms with van der Waals surface area (Å²) in [7, 11) is -2.26. The summed E-state index contributed by atoms with van der Waals surface area (Å²) in [6.45, 7) is 5.70. The highest BCUT2D eigenvalue weighted by molar-refractivity contribution is 7.90. The normalized spacial score (nSPS) is 31.1. The van der Waals surface area contributed by atoms with Crippen molar-refractivity contribution < 1.29 is 46.2 Å². The Morgan fingerprint density at radius 3 is 2.58 bits per heavy atom. The number of rotatable bonds is 5. The van der Waals surface area contributed by atoms with Crippen LogP contribution in [0.4, 0.5) is 9.18 Å². The molecule has 4 fully saturated rings. The summed E-state index contributed by atoms with van der Waals surface area (Å²) >= 11 is 0. The molecule has 4 aliphatic heterocycles. The monoisotopic (exact) mass is 809 g/mol. The number of hydrogen-bond acceptors (Lipinski definition) is 10. The third-order valence-electron chi connectivity index (χ3n) is 12.2. The minimum atomic E-state index is -3.79. The van der Waals surface area contributed by atoms with Crippen LogP contribution in [0.1, 0.15) is 108 Å². The smallest absolute Gasteiger partial charge is 0.407 e. The van der Waals surface area contributed by atoms with Gasteiger partial charge < -0.3 is 29.7 Å². The highest BCUT2D eigenvalue weighted by Crippen LogP contribution is 2.55. The number of halogens is 1. The van der Waals surface area contributed by atoms with Gasteiger partial charge in [0.25, 0.3) is 5.91 Å². The summed E-state index contributed by atoms with van der Waals surface area (Å²) < 4.78 is 61.0. The van der Waals surface area contributed by atoms with E-state index in [1.807, 2.05) is 32.9 Å². The van der Waals surface area contributed by atoms with E-state index in [1.165, 1.54) is 12.0 Å². The molecule has 1 spiro atoms. The van der Waals surface area contributed by atoms with E-state index in [2.05, 4.69) is 10.6 Å². The third kappa shape index (κ3) is 7.53. The van der Waals surface area contributed by atoms with Gasteiger partial charge in [-0.2, -0.15) is 0 Å². The zero-order valence-corrected chi connectivity index (χ0v) is 33.8. The van der Waals surface area contributed by atoms with Crippen LogP contribution >= 0.6 is 0 Å². The Balaban J connectivity index is 1.17. The first-order valence-electron chi connectivity index (χ1n) is 20.2. The van der Waals surface area contributed by atoms with Crippen molar-refractivity contribution in [1.82, 2.24) is 24.8 Å². The maximum Gasteiger partial charge on any atom is 0.407 e. The van der Waals surface area contributed by atoms with E-state index < -0.39 is 69.2 Å². The first-order valence-corrected chi connectivity index (χ1v) is 21.8. The molecule has 5 heterocycles. The van der Waals surface area contributed by atoms with Gasteiger partial charge in [0.15, 0.2) is 0 Å². The van der Waals surface area contributed by atoms with Crippen LogP contribution in [0.25, 0.3) is 10.9 Å². The van der Waals surface area contributed by atoms with Crippen molar-refractivity contribution in [3.63, 3.8) is 0 Å². The number of allylic oxidation sites excluding steroid dienone is 1. The molecule has 2 aromatic rings. The minimum Gasteiger partial charge on any atom is -0.497 e. The summed E-state index contributed by atoms with van der Waals surface area (Å²) in [5.41, 5.74) is -1.60. The van der Waals surface area contributed by atoms with Gasteiger partial charge in [-0.05, 0) is 62.1 Å². The molecule has 308 valence electrons. The van der Waals surface area contributed by atoms with Crippen LogP contribution in [0.3, 0.4) is 0 Å². The summed E-state index contributed by atoms with van der Waals surface area (Å²) in [5, 5.41) is 6.23. The number of alkyl carbamates (subject to hydrolysis) is 1. The second-order valence-corrected chi connectivity index (χ2v) is 19.9. The molecular formula is C41H52FN5O9S. The molecule has 6 aliphatic rings. The molecule has 6 atom stereocenters. The van der Waals surface area contributed by atoms with E-state index in [1.54, 1.807) is 18.2 Å². The molecule has 14 nitrogen and oxygen atoms in total. The van der Waals surface area contributed by atoms with Gasteiger partial charge in [-0.25, -0.2) is 26.9 Å². The summed E-state index contributed by atoms with van der Waals surface area (Å²) in [6.07, 6.45) is 6.14. The quantitative estimate of drug-likeness (QED) is 0.393. The lowest BCUT2D eigenvalue weighted by Gasteiger charge is -2.38. The zero-order chi connectivity index (χ0) is 40.5. The fourth-order valence-electron chi connectivity index (χ4n) is 8.79. The molecule has 1 aromatic heterocycles. The summed E-state index contributed by atoms with van der Waals surface area (Å²) in [4.78, 5) is 62.9. The van der Waals surface area contributed by atoms with E-state index in [4.69, 9.17) is 19.2 Å². The molecule has 0 radical (unpaired) electrons. The molecule has 2 aliphatic carbocycles. The van der Waals surface area contributed by atoms with E-state index in [0.717, 1.165) is 30.0 Å². The number of nitrogens with one attached hydrogen (secondary N) is 2. The van der Waals surface area contributed by atoms with Gasteiger partial charge in [0.1, 0.15) is 40.9 Å². The molecule has 2 saturated carbocycles. The molecule has 2 saturated heterocycles. The summed E-state index contributed by atoms with van der Waals surface area (Å²) in [5.74, 6) is -1.63. The van der Waals surface area contributed by atoms with E-state index in [-0.39, 0.29) is 62.5 Å². The Morgan fingerprint density at radius 2 is 1.89 bits per heavy atom. The molecule has 57 heavy (non-hydrogen) atoms. The third-order valence-corrected chi connectivity index (χ3v) is 13.9. The standard InChI is InChI=1S/C41H52FN5O9S/c1-39(2,3)23-55-38(51)44-30-11-9-7-5-6-8-10-25-19-41(25,37(50)47-16-17-57(47,52)53)45-35(48)31-21-40(22-46(31)36(30)49)20-28(42)32-27-18-26(54-4)14-15-29(27)43-33(24-12-13-24)34(32)56-40/h8,10,14-15,18,24-25,28,30-31H,5-7,9,11-13,16-17,19-23H2,1-4H3,(H,44,51)(H,45,48). The van der Waals surface area contributed by atoms with Gasteiger partial charge in [0.05, 0.1) is 43.8 Å². The average molecular weight is 810 g/mol. The molecule has 8 rings (SSSR count). The van der Waals surface area contributed by atoms with Crippen LogP contribution < -0.4 is 20.1 Å². The maximum atomic E-state index is 17.0. The Bertz CT molecular complexity index is 2140. The minimum absolute atomic E-state index is 0.0219. The van der Waals surface area contributed by atoms with Crippen molar-refractivity contribution in [2.24, 2.45) is 11.3 Å². The lowest BCUT2D eigenvalue weighted by Crippen LogP contribution is -2.62. The number of nitrogens with zero attached hydrogens (tertiary/aromatic N) is 3. The number of amides is 4. The number of ether oxygens (including phenoxy) is 3.